The number of piperidine rings is 1. The summed E-state index contributed by atoms with van der Waals surface area (Å²) in [6, 6.07) is 5.03. The van der Waals surface area contributed by atoms with Gasteiger partial charge in [0.05, 0.1) is 4.92 Å². The second kappa shape index (κ2) is 5.14. The quantitative estimate of drug-likeness (QED) is 0.495. The van der Waals surface area contributed by atoms with Crippen molar-refractivity contribution >= 4 is 11.4 Å². The first kappa shape index (κ1) is 11.9. The number of nitrogens with two attached hydrogens (primary N) is 1. The van der Waals surface area contributed by atoms with E-state index in [-0.39, 0.29) is 5.69 Å². The van der Waals surface area contributed by atoms with Crippen molar-refractivity contribution in [3.05, 3.63) is 33.9 Å². The molecule has 5 heteroatoms. The molecule has 0 unspecified atom stereocenters. The summed E-state index contributed by atoms with van der Waals surface area (Å²) in [7, 11) is 0. The van der Waals surface area contributed by atoms with Gasteiger partial charge >= 0.3 is 0 Å². The van der Waals surface area contributed by atoms with Crippen molar-refractivity contribution in [3.63, 3.8) is 0 Å². The van der Waals surface area contributed by atoms with E-state index in [0.29, 0.717) is 12.2 Å². The van der Waals surface area contributed by atoms with E-state index >= 15 is 0 Å². The van der Waals surface area contributed by atoms with Crippen LogP contribution in [0.25, 0.3) is 0 Å². The van der Waals surface area contributed by atoms with Gasteiger partial charge in [0.15, 0.2) is 0 Å². The van der Waals surface area contributed by atoms with E-state index in [1.165, 1.54) is 25.3 Å². The summed E-state index contributed by atoms with van der Waals surface area (Å²) in [6.45, 7) is 2.83. The molecule has 1 aromatic rings. The van der Waals surface area contributed by atoms with Crippen molar-refractivity contribution in [2.24, 2.45) is 0 Å². The molecule has 1 aromatic carbocycles. The molecule has 5 nitrogen and oxygen atoms in total. The van der Waals surface area contributed by atoms with Crippen molar-refractivity contribution in [2.45, 2.75) is 25.8 Å². The van der Waals surface area contributed by atoms with E-state index in [0.717, 1.165) is 18.7 Å². The Morgan fingerprint density at radius 2 is 2.00 bits per heavy atom. The van der Waals surface area contributed by atoms with Gasteiger partial charge in [0.2, 0.25) is 0 Å². The number of likely N-dealkylation sites (tertiary alicyclic amines) is 1. The Hall–Kier alpha value is -1.62. The van der Waals surface area contributed by atoms with Crippen LogP contribution in [0.5, 0.6) is 0 Å². The Morgan fingerprint density at radius 1 is 1.29 bits per heavy atom. The van der Waals surface area contributed by atoms with Gasteiger partial charge in [-0.25, -0.2) is 0 Å². The predicted octanol–water partition coefficient (Wildman–Crippen LogP) is 2.16. The first-order valence-corrected chi connectivity index (χ1v) is 5.92. The molecule has 92 valence electrons. The number of benzene rings is 1. The summed E-state index contributed by atoms with van der Waals surface area (Å²) in [5.74, 6) is 0. The summed E-state index contributed by atoms with van der Waals surface area (Å²) in [5.41, 5.74) is 7.02. The third-order valence-electron chi connectivity index (χ3n) is 3.21. The molecule has 1 aliphatic heterocycles. The molecule has 1 aliphatic rings. The van der Waals surface area contributed by atoms with E-state index in [1.54, 1.807) is 6.07 Å². The van der Waals surface area contributed by atoms with E-state index in [9.17, 15) is 10.1 Å². The molecule has 0 amide bonds. The van der Waals surface area contributed by atoms with Crippen molar-refractivity contribution in [1.82, 2.24) is 4.90 Å². The minimum atomic E-state index is -0.422. The molecular weight excluding hydrogens is 218 g/mol. The van der Waals surface area contributed by atoms with Crippen LogP contribution in [0.15, 0.2) is 18.2 Å². The van der Waals surface area contributed by atoms with Crippen LogP contribution >= 0.6 is 0 Å². The van der Waals surface area contributed by atoms with Crippen LogP contribution in [0.4, 0.5) is 11.4 Å². The zero-order chi connectivity index (χ0) is 12.3. The van der Waals surface area contributed by atoms with E-state index in [4.69, 9.17) is 5.73 Å². The Balaban J connectivity index is 2.15. The molecule has 0 radical (unpaired) electrons. The van der Waals surface area contributed by atoms with Gasteiger partial charge in [0, 0.05) is 12.6 Å². The zero-order valence-electron chi connectivity index (χ0n) is 9.76. The van der Waals surface area contributed by atoms with Gasteiger partial charge in [0.25, 0.3) is 5.69 Å². The number of nitro benzene ring substituents is 1. The predicted molar refractivity (Wildman–Crippen MR) is 66.6 cm³/mol. The summed E-state index contributed by atoms with van der Waals surface area (Å²) >= 11 is 0. The lowest BCUT2D eigenvalue weighted by atomic mass is 10.1. The summed E-state index contributed by atoms with van der Waals surface area (Å²) in [5, 5.41) is 10.8. The standard InChI is InChI=1S/C12H17N3O2/c13-12-10(5-4-6-11(12)15(16)17)9-14-7-2-1-3-8-14/h4-6H,1-3,7-9,13H2. The number of hydrogen-bond acceptors (Lipinski definition) is 4. The molecule has 0 aromatic heterocycles. The fourth-order valence-corrected chi connectivity index (χ4v) is 2.25. The van der Waals surface area contributed by atoms with Gasteiger partial charge in [-0.05, 0) is 31.5 Å². The summed E-state index contributed by atoms with van der Waals surface area (Å²) in [6.07, 6.45) is 3.69. The third-order valence-corrected chi connectivity index (χ3v) is 3.21. The lowest BCUT2D eigenvalue weighted by molar-refractivity contribution is -0.384. The molecule has 0 saturated carbocycles. The average molecular weight is 235 g/mol. The SMILES string of the molecule is Nc1c(CN2CCCCC2)cccc1[N+](=O)[O-]. The highest BCUT2D eigenvalue weighted by Gasteiger charge is 2.17. The zero-order valence-corrected chi connectivity index (χ0v) is 9.76. The highest BCUT2D eigenvalue weighted by molar-refractivity contribution is 5.62. The van der Waals surface area contributed by atoms with Crippen molar-refractivity contribution in [3.8, 4) is 0 Å². The minimum absolute atomic E-state index is 0.0134. The lowest BCUT2D eigenvalue weighted by Crippen LogP contribution is -2.29. The maximum Gasteiger partial charge on any atom is 0.292 e. The monoisotopic (exact) mass is 235 g/mol. The Morgan fingerprint density at radius 3 is 2.65 bits per heavy atom. The number of hydrogen-bond donors (Lipinski definition) is 1. The second-order valence-electron chi connectivity index (χ2n) is 4.44. The summed E-state index contributed by atoms with van der Waals surface area (Å²) in [4.78, 5) is 12.7. The molecule has 1 fully saturated rings. The van der Waals surface area contributed by atoms with Gasteiger partial charge in [0.1, 0.15) is 5.69 Å². The van der Waals surface area contributed by atoms with E-state index < -0.39 is 4.92 Å². The molecule has 17 heavy (non-hydrogen) atoms. The summed E-state index contributed by atoms with van der Waals surface area (Å²) < 4.78 is 0. The normalized spacial score (nSPS) is 16.9. The molecule has 0 spiro atoms. The van der Waals surface area contributed by atoms with Crippen LogP contribution in [0.3, 0.4) is 0 Å². The Bertz CT molecular complexity index is 414. The second-order valence-corrected chi connectivity index (χ2v) is 4.44. The smallest absolute Gasteiger partial charge is 0.292 e. The first-order chi connectivity index (χ1) is 8.18. The molecule has 0 bridgehead atoms. The molecule has 0 atom stereocenters. The van der Waals surface area contributed by atoms with Gasteiger partial charge < -0.3 is 5.73 Å². The number of nitrogen functional groups attached to an aromatic ring is 1. The lowest BCUT2D eigenvalue weighted by Gasteiger charge is -2.26. The van der Waals surface area contributed by atoms with Crippen molar-refractivity contribution in [1.29, 1.82) is 0 Å². The van der Waals surface area contributed by atoms with Crippen LogP contribution in [0, 0.1) is 10.1 Å². The molecule has 1 heterocycles. The largest absolute Gasteiger partial charge is 0.393 e. The van der Waals surface area contributed by atoms with Crippen molar-refractivity contribution in [2.75, 3.05) is 18.8 Å². The number of nitro groups is 1. The first-order valence-electron chi connectivity index (χ1n) is 5.92. The number of nitrogens with zero attached hydrogens (tertiary/aromatic N) is 2. The Labute approximate surface area is 100 Å². The molecule has 2 rings (SSSR count). The maximum atomic E-state index is 10.8. The van der Waals surface area contributed by atoms with Crippen LogP contribution in [0.2, 0.25) is 0 Å². The van der Waals surface area contributed by atoms with Crippen molar-refractivity contribution < 1.29 is 4.92 Å². The van der Waals surface area contributed by atoms with Gasteiger partial charge in [-0.3, -0.25) is 15.0 Å². The maximum absolute atomic E-state index is 10.8. The molecule has 1 saturated heterocycles. The molecule has 2 N–H and O–H groups in total. The van der Waals surface area contributed by atoms with Crippen LogP contribution in [-0.2, 0) is 6.54 Å². The van der Waals surface area contributed by atoms with E-state index in [2.05, 4.69) is 4.90 Å². The molecular formula is C12H17N3O2. The third kappa shape index (κ3) is 2.74. The highest BCUT2D eigenvalue weighted by Crippen LogP contribution is 2.26. The topological polar surface area (TPSA) is 72.4 Å². The number of anilines is 1. The van der Waals surface area contributed by atoms with Crippen LogP contribution in [0.1, 0.15) is 24.8 Å². The van der Waals surface area contributed by atoms with Gasteiger partial charge in [-0.15, -0.1) is 0 Å². The highest BCUT2D eigenvalue weighted by atomic mass is 16.6. The van der Waals surface area contributed by atoms with Gasteiger partial charge in [-0.1, -0.05) is 18.6 Å². The molecule has 0 aliphatic carbocycles. The fourth-order valence-electron chi connectivity index (χ4n) is 2.25. The van der Waals surface area contributed by atoms with Crippen LogP contribution < -0.4 is 5.73 Å². The fraction of sp³-hybridized carbons (Fsp3) is 0.500. The van der Waals surface area contributed by atoms with E-state index in [1.807, 2.05) is 6.07 Å². The Kier molecular flexibility index (Phi) is 3.58. The van der Waals surface area contributed by atoms with Crippen LogP contribution in [-0.4, -0.2) is 22.9 Å². The number of rotatable bonds is 3. The minimum Gasteiger partial charge on any atom is -0.393 e. The average Bonchev–Trinajstić information content (AvgIpc) is 2.33. The number of para-hydroxylation sites is 1. The van der Waals surface area contributed by atoms with Gasteiger partial charge in [-0.2, -0.15) is 0 Å².